The first-order valence-corrected chi connectivity index (χ1v) is 3.94. The summed E-state index contributed by atoms with van der Waals surface area (Å²) in [5, 5.41) is 0. The van der Waals surface area contributed by atoms with Crippen molar-refractivity contribution in [1.82, 2.24) is 0 Å². The third-order valence-electron chi connectivity index (χ3n) is 1.28. The van der Waals surface area contributed by atoms with Crippen LogP contribution >= 0.6 is 0 Å². The summed E-state index contributed by atoms with van der Waals surface area (Å²) >= 11 is 0. The van der Waals surface area contributed by atoms with Crippen molar-refractivity contribution in [1.29, 1.82) is 0 Å². The molecule has 54 valence electrons. The molecule has 2 radical (unpaired) electrons. The quantitative estimate of drug-likeness (QED) is 0.537. The van der Waals surface area contributed by atoms with Crippen molar-refractivity contribution >= 4 is 36.8 Å². The second-order valence-corrected chi connectivity index (χ2v) is 3.55. The Labute approximate surface area is 88.7 Å². The molecule has 0 rings (SSSR count). The number of rotatable bonds is 4. The van der Waals surface area contributed by atoms with Gasteiger partial charge in [0.1, 0.15) is 7.28 Å². The molecule has 2 heteroatoms. The first-order valence-electron chi connectivity index (χ1n) is 3.94. The Kier molecular flexibility index (Phi) is 11.1. The van der Waals surface area contributed by atoms with Crippen molar-refractivity contribution in [3.63, 3.8) is 0 Å². The molecule has 0 N–H and O–H groups in total. The number of hydrogen-bond acceptors (Lipinski definition) is 0. The number of hydrogen-bond donors (Lipinski definition) is 0. The van der Waals surface area contributed by atoms with E-state index in [-0.39, 0.29) is 29.6 Å². The van der Waals surface area contributed by atoms with E-state index in [2.05, 4.69) is 35.0 Å². The van der Waals surface area contributed by atoms with Crippen LogP contribution in [0.15, 0.2) is 0 Å². The maximum atomic E-state index is 2.40. The Morgan fingerprint density at radius 2 is 1.20 bits per heavy atom. The van der Waals surface area contributed by atoms with Gasteiger partial charge in [0.2, 0.25) is 0 Å². The molecule has 0 amide bonds. The predicted molar refractivity (Wildman–Crippen MR) is 50.8 cm³/mol. The van der Waals surface area contributed by atoms with E-state index < -0.39 is 0 Å². The van der Waals surface area contributed by atoms with Gasteiger partial charge in [-0.25, -0.2) is 0 Å². The molecular formula is C8H18BNa. The molecular weight excluding hydrogens is 130 g/mol. The van der Waals surface area contributed by atoms with Crippen LogP contribution in [0.5, 0.6) is 0 Å². The van der Waals surface area contributed by atoms with Crippen LogP contribution in [-0.2, 0) is 0 Å². The van der Waals surface area contributed by atoms with Gasteiger partial charge in [0.25, 0.3) is 0 Å². The molecule has 0 aliphatic heterocycles. The van der Waals surface area contributed by atoms with Gasteiger partial charge in [-0.15, -0.1) is 0 Å². The zero-order valence-electron chi connectivity index (χ0n) is 8.15. The minimum absolute atomic E-state index is 0. The van der Waals surface area contributed by atoms with E-state index in [1.54, 1.807) is 0 Å². The summed E-state index contributed by atoms with van der Waals surface area (Å²) in [6, 6.07) is 0. The van der Waals surface area contributed by atoms with Crippen molar-refractivity contribution in [2.45, 2.75) is 40.3 Å². The molecule has 0 aliphatic rings. The van der Waals surface area contributed by atoms with Gasteiger partial charge in [-0.3, -0.25) is 0 Å². The molecule has 0 spiro atoms. The molecule has 0 saturated carbocycles. The molecule has 0 heterocycles. The van der Waals surface area contributed by atoms with E-state index in [9.17, 15) is 0 Å². The van der Waals surface area contributed by atoms with Crippen LogP contribution in [0.3, 0.4) is 0 Å². The maximum Gasteiger partial charge on any atom is 0.110 e. The third-order valence-corrected chi connectivity index (χ3v) is 1.28. The Hall–Kier alpha value is 1.06. The van der Waals surface area contributed by atoms with Crippen LogP contribution in [0.25, 0.3) is 0 Å². The van der Waals surface area contributed by atoms with E-state index in [0.29, 0.717) is 0 Å². The van der Waals surface area contributed by atoms with Crippen LogP contribution in [0, 0.1) is 11.8 Å². The Morgan fingerprint density at radius 1 is 0.900 bits per heavy atom. The molecule has 0 aromatic rings. The SMILES string of the molecule is CC(C)C[B]CC(C)C.[Na]. The topological polar surface area (TPSA) is 0 Å². The Bertz CT molecular complexity index is 54.3. The average Bonchev–Trinajstić information content (AvgIpc) is 1.63. The molecule has 0 aromatic carbocycles. The molecule has 0 atom stereocenters. The van der Waals surface area contributed by atoms with Gasteiger partial charge in [-0.2, -0.15) is 0 Å². The fraction of sp³-hybridized carbons (Fsp3) is 1.00. The molecule has 0 fully saturated rings. The minimum Gasteiger partial charge on any atom is -0.0780 e. The van der Waals surface area contributed by atoms with E-state index in [0.717, 1.165) is 11.8 Å². The third kappa shape index (κ3) is 11.8. The Morgan fingerprint density at radius 3 is 1.40 bits per heavy atom. The van der Waals surface area contributed by atoms with E-state index >= 15 is 0 Å². The largest absolute Gasteiger partial charge is 0.110 e. The normalized spacial score (nSPS) is 9.80. The monoisotopic (exact) mass is 148 g/mol. The van der Waals surface area contributed by atoms with Gasteiger partial charge in [-0.05, 0) is 0 Å². The van der Waals surface area contributed by atoms with Crippen LogP contribution in [0.4, 0.5) is 0 Å². The average molecular weight is 148 g/mol. The van der Waals surface area contributed by atoms with Gasteiger partial charge in [0, 0.05) is 29.6 Å². The van der Waals surface area contributed by atoms with Gasteiger partial charge < -0.3 is 0 Å². The zero-order valence-corrected chi connectivity index (χ0v) is 10.1. The fourth-order valence-corrected chi connectivity index (χ4v) is 0.763. The van der Waals surface area contributed by atoms with Gasteiger partial charge in [0.05, 0.1) is 0 Å². The van der Waals surface area contributed by atoms with Crippen molar-refractivity contribution < 1.29 is 0 Å². The molecule has 0 bridgehead atoms. The summed E-state index contributed by atoms with van der Waals surface area (Å²) in [5.41, 5.74) is 0. The van der Waals surface area contributed by atoms with Crippen molar-refractivity contribution in [2.24, 2.45) is 11.8 Å². The van der Waals surface area contributed by atoms with Gasteiger partial charge in [0.15, 0.2) is 0 Å². The minimum atomic E-state index is 0. The molecule has 10 heavy (non-hydrogen) atoms. The van der Waals surface area contributed by atoms with Crippen LogP contribution in [0.1, 0.15) is 27.7 Å². The summed E-state index contributed by atoms with van der Waals surface area (Å²) in [5.74, 6) is 1.67. The Balaban J connectivity index is 0. The zero-order chi connectivity index (χ0) is 7.28. The smallest absolute Gasteiger partial charge is 0.0780 e. The van der Waals surface area contributed by atoms with Crippen LogP contribution in [-0.4, -0.2) is 36.8 Å². The summed E-state index contributed by atoms with van der Waals surface area (Å²) < 4.78 is 0. The van der Waals surface area contributed by atoms with E-state index in [1.807, 2.05) is 0 Å². The van der Waals surface area contributed by atoms with Gasteiger partial charge in [-0.1, -0.05) is 52.2 Å². The summed E-state index contributed by atoms with van der Waals surface area (Å²) in [4.78, 5) is 0. The predicted octanol–water partition coefficient (Wildman–Crippen LogP) is 2.46. The summed E-state index contributed by atoms with van der Waals surface area (Å²) in [6.07, 6.45) is 2.55. The maximum absolute atomic E-state index is 2.40. The molecule has 0 nitrogen and oxygen atoms in total. The van der Waals surface area contributed by atoms with Crippen LogP contribution < -0.4 is 0 Å². The molecule has 0 aliphatic carbocycles. The second kappa shape index (κ2) is 8.16. The molecule has 0 unspecified atom stereocenters. The summed E-state index contributed by atoms with van der Waals surface area (Å²) in [6.45, 7) is 9.04. The van der Waals surface area contributed by atoms with Crippen molar-refractivity contribution in [3.8, 4) is 0 Å². The van der Waals surface area contributed by atoms with E-state index in [1.165, 1.54) is 12.6 Å². The van der Waals surface area contributed by atoms with Gasteiger partial charge >= 0.3 is 0 Å². The van der Waals surface area contributed by atoms with Crippen molar-refractivity contribution in [2.75, 3.05) is 0 Å². The fourth-order valence-electron chi connectivity index (χ4n) is 0.763. The first-order chi connectivity index (χ1) is 4.13. The molecule has 0 aromatic heterocycles. The van der Waals surface area contributed by atoms with Crippen LogP contribution in [0.2, 0.25) is 12.6 Å². The first kappa shape index (κ1) is 13.6. The molecule has 0 saturated heterocycles. The van der Waals surface area contributed by atoms with Crippen molar-refractivity contribution in [3.05, 3.63) is 0 Å². The van der Waals surface area contributed by atoms with E-state index in [4.69, 9.17) is 0 Å². The summed E-state index contributed by atoms with van der Waals surface area (Å²) in [7, 11) is 2.40. The standard InChI is InChI=1S/C8H18B.Na/c1-7(2)5-9-6-8(3)4;/h7-8H,5-6H2,1-4H3;. The second-order valence-electron chi connectivity index (χ2n) is 3.55.